The monoisotopic (exact) mass is 220 g/mol. The van der Waals surface area contributed by atoms with Gasteiger partial charge in [0.2, 0.25) is 0 Å². The van der Waals surface area contributed by atoms with Gasteiger partial charge in [0.1, 0.15) is 11.9 Å². The summed E-state index contributed by atoms with van der Waals surface area (Å²) in [5, 5.41) is 0. The normalized spacial score (nSPS) is 18.8. The highest BCUT2D eigenvalue weighted by Gasteiger charge is 2.22. The zero-order valence-electron chi connectivity index (χ0n) is 9.66. The molecule has 0 N–H and O–H groups in total. The zero-order chi connectivity index (χ0) is 11.5. The zero-order valence-corrected chi connectivity index (χ0v) is 9.66. The van der Waals surface area contributed by atoms with Crippen molar-refractivity contribution in [3.8, 4) is 5.75 Å². The molecule has 0 aliphatic heterocycles. The summed E-state index contributed by atoms with van der Waals surface area (Å²) < 4.78 is 10.6. The molecule has 0 fully saturated rings. The number of hydrogen-bond acceptors (Lipinski definition) is 3. The maximum atomic E-state index is 10.9. The van der Waals surface area contributed by atoms with Crippen molar-refractivity contribution in [1.29, 1.82) is 0 Å². The molecule has 0 amide bonds. The van der Waals surface area contributed by atoms with E-state index in [4.69, 9.17) is 9.47 Å². The van der Waals surface area contributed by atoms with Gasteiger partial charge in [-0.25, -0.2) is 0 Å². The van der Waals surface area contributed by atoms with Crippen LogP contribution >= 0.6 is 0 Å². The van der Waals surface area contributed by atoms with Gasteiger partial charge in [0.05, 0.1) is 7.11 Å². The number of methoxy groups -OCH3 is 1. The van der Waals surface area contributed by atoms with Crippen molar-refractivity contribution < 1.29 is 14.3 Å². The molecular formula is C13H16O3. The number of carbonyl (C=O) groups excluding carboxylic acids is 1. The Balaban J connectivity index is 2.18. The van der Waals surface area contributed by atoms with E-state index in [0.29, 0.717) is 0 Å². The van der Waals surface area contributed by atoms with Gasteiger partial charge in [0.15, 0.2) is 0 Å². The van der Waals surface area contributed by atoms with E-state index in [1.165, 1.54) is 18.1 Å². The van der Waals surface area contributed by atoms with Crippen molar-refractivity contribution in [3.05, 3.63) is 29.3 Å². The van der Waals surface area contributed by atoms with E-state index < -0.39 is 0 Å². The van der Waals surface area contributed by atoms with Gasteiger partial charge in [-0.05, 0) is 30.0 Å². The topological polar surface area (TPSA) is 35.5 Å². The molecule has 0 radical (unpaired) electrons. The summed E-state index contributed by atoms with van der Waals surface area (Å²) in [7, 11) is 1.69. The van der Waals surface area contributed by atoms with E-state index in [-0.39, 0.29) is 12.1 Å². The minimum Gasteiger partial charge on any atom is -0.496 e. The van der Waals surface area contributed by atoms with Crippen LogP contribution in [0, 0.1) is 0 Å². The lowest BCUT2D eigenvalue weighted by atomic mass is 9.89. The SMILES string of the molecule is COc1cccc2c1CC[C@H](OC(C)=O)C2. The van der Waals surface area contributed by atoms with Crippen molar-refractivity contribution in [2.45, 2.75) is 32.3 Å². The van der Waals surface area contributed by atoms with E-state index >= 15 is 0 Å². The molecule has 16 heavy (non-hydrogen) atoms. The predicted molar refractivity (Wildman–Crippen MR) is 60.6 cm³/mol. The molecule has 3 heteroatoms. The Morgan fingerprint density at radius 3 is 2.94 bits per heavy atom. The Hall–Kier alpha value is -1.51. The van der Waals surface area contributed by atoms with E-state index in [2.05, 4.69) is 6.07 Å². The van der Waals surface area contributed by atoms with Gasteiger partial charge < -0.3 is 9.47 Å². The first-order chi connectivity index (χ1) is 7.70. The molecule has 1 aliphatic carbocycles. The van der Waals surface area contributed by atoms with Gasteiger partial charge in [-0.2, -0.15) is 0 Å². The average Bonchev–Trinajstić information content (AvgIpc) is 2.27. The van der Waals surface area contributed by atoms with Crippen LogP contribution < -0.4 is 4.74 Å². The molecule has 0 unspecified atom stereocenters. The molecule has 0 saturated heterocycles. The number of rotatable bonds is 2. The van der Waals surface area contributed by atoms with E-state index in [1.807, 2.05) is 12.1 Å². The number of esters is 1. The van der Waals surface area contributed by atoms with Gasteiger partial charge in [0, 0.05) is 13.3 Å². The summed E-state index contributed by atoms with van der Waals surface area (Å²) >= 11 is 0. The van der Waals surface area contributed by atoms with Crippen LogP contribution in [-0.4, -0.2) is 19.2 Å². The number of fused-ring (bicyclic) bond motifs is 1. The summed E-state index contributed by atoms with van der Waals surface area (Å²) in [5.41, 5.74) is 2.49. The number of ether oxygens (including phenoxy) is 2. The lowest BCUT2D eigenvalue weighted by Gasteiger charge is -2.25. The molecule has 0 heterocycles. The summed E-state index contributed by atoms with van der Waals surface area (Å²) in [6.45, 7) is 1.46. The van der Waals surface area contributed by atoms with Crippen molar-refractivity contribution in [1.82, 2.24) is 0 Å². The van der Waals surface area contributed by atoms with Gasteiger partial charge in [-0.15, -0.1) is 0 Å². The van der Waals surface area contributed by atoms with Crippen LogP contribution in [0.3, 0.4) is 0 Å². The van der Waals surface area contributed by atoms with Crippen molar-refractivity contribution in [2.75, 3.05) is 7.11 Å². The molecule has 0 spiro atoms. The molecule has 1 aromatic carbocycles. The second-order valence-corrected chi connectivity index (χ2v) is 4.07. The second-order valence-electron chi connectivity index (χ2n) is 4.07. The number of carbonyl (C=O) groups is 1. The van der Waals surface area contributed by atoms with E-state index in [0.717, 1.165) is 25.0 Å². The fraction of sp³-hybridized carbons (Fsp3) is 0.462. The van der Waals surface area contributed by atoms with Gasteiger partial charge in [0.25, 0.3) is 0 Å². The van der Waals surface area contributed by atoms with Crippen LogP contribution in [0.15, 0.2) is 18.2 Å². The maximum absolute atomic E-state index is 10.9. The third-order valence-corrected chi connectivity index (χ3v) is 2.95. The molecule has 0 bridgehead atoms. The maximum Gasteiger partial charge on any atom is 0.302 e. The highest BCUT2D eigenvalue weighted by molar-refractivity contribution is 5.66. The van der Waals surface area contributed by atoms with Crippen LogP contribution in [0.2, 0.25) is 0 Å². The van der Waals surface area contributed by atoms with Gasteiger partial charge in [-0.3, -0.25) is 4.79 Å². The lowest BCUT2D eigenvalue weighted by Crippen LogP contribution is -2.24. The number of benzene rings is 1. The molecule has 3 nitrogen and oxygen atoms in total. The first kappa shape index (κ1) is 11.0. The molecule has 2 rings (SSSR count). The fourth-order valence-electron chi connectivity index (χ4n) is 2.27. The first-order valence-corrected chi connectivity index (χ1v) is 5.52. The van der Waals surface area contributed by atoms with Crippen LogP contribution in [0.4, 0.5) is 0 Å². The molecule has 0 aromatic heterocycles. The Kier molecular flexibility index (Phi) is 3.13. The summed E-state index contributed by atoms with van der Waals surface area (Å²) in [6.07, 6.45) is 2.62. The third-order valence-electron chi connectivity index (χ3n) is 2.95. The average molecular weight is 220 g/mol. The molecule has 86 valence electrons. The van der Waals surface area contributed by atoms with Crippen LogP contribution in [0.25, 0.3) is 0 Å². The van der Waals surface area contributed by atoms with Crippen molar-refractivity contribution in [3.63, 3.8) is 0 Å². The summed E-state index contributed by atoms with van der Waals surface area (Å²) in [5.74, 6) is 0.745. The number of hydrogen-bond donors (Lipinski definition) is 0. The largest absolute Gasteiger partial charge is 0.496 e. The molecule has 1 aliphatic rings. The van der Waals surface area contributed by atoms with Crippen LogP contribution in [0.1, 0.15) is 24.5 Å². The molecule has 1 aromatic rings. The fourth-order valence-corrected chi connectivity index (χ4v) is 2.27. The molecule has 1 atom stereocenters. The Morgan fingerprint density at radius 2 is 2.25 bits per heavy atom. The Bertz CT molecular complexity index is 398. The quantitative estimate of drug-likeness (QED) is 0.716. The van der Waals surface area contributed by atoms with Crippen molar-refractivity contribution in [2.24, 2.45) is 0 Å². The second kappa shape index (κ2) is 4.56. The smallest absolute Gasteiger partial charge is 0.302 e. The highest BCUT2D eigenvalue weighted by Crippen LogP contribution is 2.30. The standard InChI is InChI=1S/C13H16O3/c1-9(14)16-11-6-7-12-10(8-11)4-3-5-13(12)15-2/h3-5,11H,6-8H2,1-2H3/t11-/m0/s1. The molecular weight excluding hydrogens is 204 g/mol. The summed E-state index contributed by atoms with van der Waals surface area (Å²) in [4.78, 5) is 10.9. The van der Waals surface area contributed by atoms with Crippen LogP contribution in [-0.2, 0) is 22.4 Å². The van der Waals surface area contributed by atoms with Gasteiger partial charge >= 0.3 is 5.97 Å². The molecule has 0 saturated carbocycles. The Morgan fingerprint density at radius 1 is 1.44 bits per heavy atom. The predicted octanol–water partition coefficient (Wildman–Crippen LogP) is 2.12. The third kappa shape index (κ3) is 2.18. The summed E-state index contributed by atoms with van der Waals surface area (Å²) in [6, 6.07) is 6.03. The lowest BCUT2D eigenvalue weighted by molar-refractivity contribution is -0.146. The highest BCUT2D eigenvalue weighted by atomic mass is 16.5. The van der Waals surface area contributed by atoms with Gasteiger partial charge in [-0.1, -0.05) is 12.1 Å². The minimum atomic E-state index is -0.198. The Labute approximate surface area is 95.4 Å². The first-order valence-electron chi connectivity index (χ1n) is 5.52. The minimum absolute atomic E-state index is 0.0251. The van der Waals surface area contributed by atoms with Crippen molar-refractivity contribution >= 4 is 5.97 Å². The van der Waals surface area contributed by atoms with E-state index in [1.54, 1.807) is 7.11 Å². The van der Waals surface area contributed by atoms with E-state index in [9.17, 15) is 4.79 Å². The van der Waals surface area contributed by atoms with Crippen LogP contribution in [0.5, 0.6) is 5.75 Å².